The van der Waals surface area contributed by atoms with Gasteiger partial charge in [-0.05, 0) is 48.7 Å². The molecule has 1 rings (SSSR count). The van der Waals surface area contributed by atoms with Gasteiger partial charge in [-0.1, -0.05) is 57.5 Å². The Morgan fingerprint density at radius 2 is 1.56 bits per heavy atom. The molecule has 14 heteroatoms. The Morgan fingerprint density at radius 1 is 0.907 bits per heavy atom. The summed E-state index contributed by atoms with van der Waals surface area (Å²) < 4.78 is 30.8. The number of benzene rings is 1. The van der Waals surface area contributed by atoms with Gasteiger partial charge in [0, 0.05) is 6.92 Å². The second-order valence-electron chi connectivity index (χ2n) is 10.4. The van der Waals surface area contributed by atoms with Crippen LogP contribution >= 0.6 is 8.03 Å². The third-order valence-electron chi connectivity index (χ3n) is 6.06. The minimum absolute atomic E-state index is 0.0387. The van der Waals surface area contributed by atoms with Crippen LogP contribution in [-0.2, 0) is 48.9 Å². The van der Waals surface area contributed by atoms with Crippen molar-refractivity contribution < 1.29 is 47.3 Å². The van der Waals surface area contributed by atoms with E-state index in [1.165, 1.54) is 20.5 Å². The fourth-order valence-corrected chi connectivity index (χ4v) is 4.08. The Hall–Kier alpha value is -3.57. The molecule has 0 saturated heterocycles. The largest absolute Gasteiger partial charge is 0.510 e. The van der Waals surface area contributed by atoms with Crippen LogP contribution in [0.4, 0.5) is 4.79 Å². The van der Waals surface area contributed by atoms with Crippen LogP contribution in [0.25, 0.3) is 0 Å². The number of nitrogens with one attached hydrogen (secondary N) is 3. The number of carbonyl (C=O) groups is 5. The molecule has 1 aromatic carbocycles. The number of carbonyl (C=O) groups excluding carboxylic acids is 5. The summed E-state index contributed by atoms with van der Waals surface area (Å²) in [7, 11) is -2.01. The number of hydrogen-bond acceptors (Lipinski definition) is 10. The van der Waals surface area contributed by atoms with Crippen molar-refractivity contribution >= 4 is 37.9 Å². The van der Waals surface area contributed by atoms with Crippen molar-refractivity contribution in [1.29, 1.82) is 0 Å². The summed E-state index contributed by atoms with van der Waals surface area (Å²) in [5.41, 5.74) is 0.981. The third-order valence-corrected chi connectivity index (χ3v) is 6.52. The Morgan fingerprint density at radius 3 is 2.14 bits per heavy atom. The van der Waals surface area contributed by atoms with Crippen molar-refractivity contribution in [2.45, 2.75) is 91.0 Å². The quantitative estimate of drug-likeness (QED) is 0.0893. The molecule has 0 aromatic heterocycles. The minimum Gasteiger partial charge on any atom is -0.464 e. The van der Waals surface area contributed by atoms with Gasteiger partial charge in [0.05, 0.1) is 6.61 Å². The maximum atomic E-state index is 13.5. The SMILES string of the molecule is CCCCOC(=O)[C@@H](NC(=O)[C@H](CC(C)C)NC(=O)[C@H](CCc1ccccc1)NC(C)=O)[C@@H](C)OC(=O)OCO[P+](C)=O. The Balaban J connectivity index is 3.07. The fraction of sp³-hybridized carbons (Fsp3) is 0.621. The molecule has 0 heterocycles. The average molecular weight is 627 g/mol. The Labute approximate surface area is 254 Å². The maximum Gasteiger partial charge on any atom is 0.510 e. The first-order valence-electron chi connectivity index (χ1n) is 14.3. The molecule has 5 atom stereocenters. The van der Waals surface area contributed by atoms with E-state index in [1.54, 1.807) is 0 Å². The molecule has 3 amide bonds. The van der Waals surface area contributed by atoms with E-state index in [4.69, 9.17) is 14.2 Å². The van der Waals surface area contributed by atoms with Crippen molar-refractivity contribution in [3.8, 4) is 0 Å². The van der Waals surface area contributed by atoms with Crippen LogP contribution in [0.3, 0.4) is 0 Å². The normalized spacial score (nSPS) is 14.0. The van der Waals surface area contributed by atoms with Crippen LogP contribution in [0.2, 0.25) is 0 Å². The lowest BCUT2D eigenvalue weighted by molar-refractivity contribution is -0.152. The van der Waals surface area contributed by atoms with Gasteiger partial charge in [-0.15, -0.1) is 4.52 Å². The highest BCUT2D eigenvalue weighted by Gasteiger charge is 2.35. The molecule has 0 aliphatic rings. The van der Waals surface area contributed by atoms with Crippen LogP contribution in [0.15, 0.2) is 30.3 Å². The number of ether oxygens (including phenoxy) is 3. The summed E-state index contributed by atoms with van der Waals surface area (Å²) in [6, 6.07) is 6.03. The molecule has 43 heavy (non-hydrogen) atoms. The zero-order valence-electron chi connectivity index (χ0n) is 25.8. The lowest BCUT2D eigenvalue weighted by atomic mass is 10.0. The number of rotatable bonds is 19. The summed E-state index contributed by atoms with van der Waals surface area (Å²) in [5.74, 6) is -2.55. The number of aryl methyl sites for hydroxylation is 1. The van der Waals surface area contributed by atoms with Gasteiger partial charge in [-0.3, -0.25) is 14.4 Å². The van der Waals surface area contributed by atoms with Gasteiger partial charge in [0.2, 0.25) is 24.5 Å². The lowest BCUT2D eigenvalue weighted by Gasteiger charge is -2.27. The highest BCUT2D eigenvalue weighted by atomic mass is 31.1. The standard InChI is InChI=1S/C29H44N3O10P/c1-7-8-16-39-28(36)25(20(4)42-29(37)40-18-41-43(6)38)32-27(35)24(17-19(2)3)31-26(34)23(30-21(5)33)15-14-22-12-10-9-11-13-22/h9-13,19-20,23-25H,7-8,14-18H2,1-6H3,(H2-,30,31,32,33,34,35)/p+1/t20-,23+,24+,25+/m1/s1. The smallest absolute Gasteiger partial charge is 0.464 e. The van der Waals surface area contributed by atoms with E-state index in [9.17, 15) is 28.5 Å². The Bertz CT molecular complexity index is 1070. The molecule has 1 unspecified atom stereocenters. The van der Waals surface area contributed by atoms with Crippen LogP contribution in [0.5, 0.6) is 0 Å². The highest BCUT2D eigenvalue weighted by molar-refractivity contribution is 7.38. The molecule has 0 radical (unpaired) electrons. The summed E-state index contributed by atoms with van der Waals surface area (Å²) in [6.07, 6.45) is -0.106. The van der Waals surface area contributed by atoms with E-state index in [0.29, 0.717) is 19.3 Å². The molecule has 13 nitrogen and oxygen atoms in total. The number of amides is 3. The zero-order chi connectivity index (χ0) is 32.4. The molecular formula is C29H45N3O10P+. The van der Waals surface area contributed by atoms with Crippen molar-refractivity contribution in [2.75, 3.05) is 20.1 Å². The van der Waals surface area contributed by atoms with E-state index in [0.717, 1.165) is 12.0 Å². The van der Waals surface area contributed by atoms with Gasteiger partial charge in [0.25, 0.3) is 0 Å². The summed E-state index contributed by atoms with van der Waals surface area (Å²) >= 11 is 0. The molecule has 0 bridgehead atoms. The molecular weight excluding hydrogens is 581 g/mol. The van der Waals surface area contributed by atoms with E-state index in [-0.39, 0.29) is 18.9 Å². The number of hydrogen-bond donors (Lipinski definition) is 3. The predicted octanol–water partition coefficient (Wildman–Crippen LogP) is 3.37. The van der Waals surface area contributed by atoms with Crippen LogP contribution in [0.1, 0.15) is 65.9 Å². The molecule has 3 N–H and O–H groups in total. The van der Waals surface area contributed by atoms with E-state index in [1.807, 2.05) is 51.1 Å². The van der Waals surface area contributed by atoms with Gasteiger partial charge in [-0.25, -0.2) is 9.59 Å². The number of unbranched alkanes of at least 4 members (excludes halogenated alkanes) is 1. The van der Waals surface area contributed by atoms with Gasteiger partial charge < -0.3 is 30.2 Å². The van der Waals surface area contributed by atoms with Gasteiger partial charge in [0.1, 0.15) is 18.2 Å². The Kier molecular flexibility index (Phi) is 17.7. The maximum absolute atomic E-state index is 13.5. The van der Waals surface area contributed by atoms with Crippen LogP contribution in [0, 0.1) is 5.92 Å². The minimum atomic E-state index is -2.01. The molecule has 0 saturated carbocycles. The van der Waals surface area contributed by atoms with Gasteiger partial charge in [0.15, 0.2) is 12.7 Å². The highest BCUT2D eigenvalue weighted by Crippen LogP contribution is 2.15. The monoisotopic (exact) mass is 626 g/mol. The van der Waals surface area contributed by atoms with Crippen molar-refractivity contribution in [1.82, 2.24) is 16.0 Å². The fourth-order valence-electron chi connectivity index (χ4n) is 3.88. The topological polar surface area (TPSA) is 175 Å². The molecule has 0 spiro atoms. The summed E-state index contributed by atoms with van der Waals surface area (Å²) in [5, 5.41) is 7.90. The lowest BCUT2D eigenvalue weighted by Crippen LogP contribution is -2.58. The molecule has 240 valence electrons. The van der Waals surface area contributed by atoms with Crippen LogP contribution in [-0.4, -0.2) is 74.1 Å². The first-order valence-corrected chi connectivity index (χ1v) is 15.9. The first kappa shape index (κ1) is 37.5. The van der Waals surface area contributed by atoms with E-state index < -0.39 is 68.9 Å². The first-order chi connectivity index (χ1) is 20.3. The molecule has 0 aliphatic heterocycles. The molecule has 0 aliphatic carbocycles. The van der Waals surface area contributed by atoms with Gasteiger partial charge in [-0.2, -0.15) is 0 Å². The van der Waals surface area contributed by atoms with E-state index in [2.05, 4.69) is 20.5 Å². The molecule has 1 aromatic rings. The third kappa shape index (κ3) is 16.0. The van der Waals surface area contributed by atoms with Crippen molar-refractivity contribution in [3.63, 3.8) is 0 Å². The summed E-state index contributed by atoms with van der Waals surface area (Å²) in [6.45, 7) is 9.03. The number of esters is 1. The van der Waals surface area contributed by atoms with E-state index >= 15 is 0 Å². The second-order valence-corrected chi connectivity index (χ2v) is 11.5. The predicted molar refractivity (Wildman–Crippen MR) is 158 cm³/mol. The van der Waals surface area contributed by atoms with Crippen molar-refractivity contribution in [2.24, 2.45) is 5.92 Å². The zero-order valence-corrected chi connectivity index (χ0v) is 26.6. The molecule has 0 fully saturated rings. The second kappa shape index (κ2) is 20.4. The van der Waals surface area contributed by atoms with Crippen molar-refractivity contribution in [3.05, 3.63) is 35.9 Å². The summed E-state index contributed by atoms with van der Waals surface area (Å²) in [4.78, 5) is 63.7. The van der Waals surface area contributed by atoms with Crippen LogP contribution < -0.4 is 16.0 Å². The average Bonchev–Trinajstić information content (AvgIpc) is 2.93. The van der Waals surface area contributed by atoms with Gasteiger partial charge >= 0.3 is 20.2 Å².